The first-order valence-electron chi connectivity index (χ1n) is 6.27. The van der Waals surface area contributed by atoms with E-state index in [2.05, 4.69) is 10.3 Å². The fourth-order valence-corrected chi connectivity index (χ4v) is 1.90. The van der Waals surface area contributed by atoms with Crippen molar-refractivity contribution in [3.8, 4) is 0 Å². The van der Waals surface area contributed by atoms with Gasteiger partial charge in [-0.1, -0.05) is 6.07 Å². The molecule has 0 saturated carbocycles. The van der Waals surface area contributed by atoms with Gasteiger partial charge in [-0.05, 0) is 19.1 Å². The van der Waals surface area contributed by atoms with Gasteiger partial charge < -0.3 is 15.0 Å². The molecule has 1 fully saturated rings. The van der Waals surface area contributed by atoms with E-state index >= 15 is 0 Å². The van der Waals surface area contributed by atoms with Crippen molar-refractivity contribution in [3.63, 3.8) is 0 Å². The van der Waals surface area contributed by atoms with Crippen LogP contribution in [0.4, 0.5) is 0 Å². The first-order valence-corrected chi connectivity index (χ1v) is 6.27. The van der Waals surface area contributed by atoms with Crippen molar-refractivity contribution in [1.29, 1.82) is 0 Å². The molecule has 1 aliphatic heterocycles. The van der Waals surface area contributed by atoms with E-state index in [4.69, 9.17) is 4.74 Å². The Morgan fingerprint density at radius 1 is 1.50 bits per heavy atom. The molecule has 0 aromatic carbocycles. The number of carbonyl (C=O) groups is 1. The topological polar surface area (TPSA) is 54.5 Å². The van der Waals surface area contributed by atoms with Crippen LogP contribution in [0.5, 0.6) is 0 Å². The summed E-state index contributed by atoms with van der Waals surface area (Å²) in [6.45, 7) is 5.02. The summed E-state index contributed by atoms with van der Waals surface area (Å²) in [5.74, 6) is 0.126. The lowest BCUT2D eigenvalue weighted by Crippen LogP contribution is -2.45. The van der Waals surface area contributed by atoms with Gasteiger partial charge in [0, 0.05) is 25.3 Å². The van der Waals surface area contributed by atoms with Crippen molar-refractivity contribution in [2.24, 2.45) is 0 Å². The molecule has 1 aromatic heterocycles. The summed E-state index contributed by atoms with van der Waals surface area (Å²) in [6, 6.07) is 5.87. The lowest BCUT2D eigenvalue weighted by Gasteiger charge is -2.27. The van der Waals surface area contributed by atoms with Crippen LogP contribution < -0.4 is 5.32 Å². The quantitative estimate of drug-likeness (QED) is 0.848. The molecule has 0 spiro atoms. The van der Waals surface area contributed by atoms with Gasteiger partial charge in [-0.25, -0.2) is 0 Å². The second kappa shape index (κ2) is 6.47. The van der Waals surface area contributed by atoms with Crippen LogP contribution in [0.15, 0.2) is 24.4 Å². The van der Waals surface area contributed by atoms with Gasteiger partial charge in [0.1, 0.15) is 0 Å². The summed E-state index contributed by atoms with van der Waals surface area (Å²) in [4.78, 5) is 18.0. The Morgan fingerprint density at radius 2 is 2.28 bits per heavy atom. The second-order valence-corrected chi connectivity index (χ2v) is 4.35. The molecule has 1 aromatic rings. The summed E-state index contributed by atoms with van der Waals surface area (Å²) in [5.41, 5.74) is 0.951. The number of morpholine rings is 1. The highest BCUT2D eigenvalue weighted by molar-refractivity contribution is 5.78. The zero-order chi connectivity index (χ0) is 12.8. The molecule has 1 saturated heterocycles. The van der Waals surface area contributed by atoms with Gasteiger partial charge in [0.15, 0.2) is 0 Å². The fourth-order valence-electron chi connectivity index (χ4n) is 1.90. The summed E-state index contributed by atoms with van der Waals surface area (Å²) in [7, 11) is 0. The van der Waals surface area contributed by atoms with Crippen LogP contribution in [-0.4, -0.2) is 48.6 Å². The molecule has 0 unspecified atom stereocenters. The summed E-state index contributed by atoms with van der Waals surface area (Å²) >= 11 is 0. The average Bonchev–Trinajstić information content (AvgIpc) is 2.46. The molecule has 1 N–H and O–H groups in total. The molecule has 5 nitrogen and oxygen atoms in total. The number of nitrogens with one attached hydrogen (secondary N) is 1. The maximum atomic E-state index is 11.9. The standard InChI is InChI=1S/C13H19N3O2/c1-11(12-4-2-3-5-14-12)15-10-13(17)16-6-8-18-9-7-16/h2-5,11,15H,6-10H2,1H3/t11-/m0/s1. The minimum Gasteiger partial charge on any atom is -0.378 e. The van der Waals surface area contributed by atoms with Crippen molar-refractivity contribution in [3.05, 3.63) is 30.1 Å². The third kappa shape index (κ3) is 3.51. The zero-order valence-corrected chi connectivity index (χ0v) is 10.6. The van der Waals surface area contributed by atoms with E-state index < -0.39 is 0 Å². The Labute approximate surface area is 107 Å². The molecule has 98 valence electrons. The third-order valence-electron chi connectivity index (χ3n) is 3.05. The Hall–Kier alpha value is -1.46. The van der Waals surface area contributed by atoms with Gasteiger partial charge in [-0.3, -0.25) is 9.78 Å². The predicted octanol–water partition coefficient (Wildman–Crippen LogP) is 0.591. The number of hydrogen-bond acceptors (Lipinski definition) is 4. The lowest BCUT2D eigenvalue weighted by atomic mass is 10.2. The van der Waals surface area contributed by atoms with E-state index in [1.807, 2.05) is 30.0 Å². The molecule has 0 bridgehead atoms. The number of pyridine rings is 1. The number of carbonyl (C=O) groups excluding carboxylic acids is 1. The SMILES string of the molecule is C[C@H](NCC(=O)N1CCOCC1)c1ccccn1. The van der Waals surface area contributed by atoms with Crippen molar-refractivity contribution in [2.45, 2.75) is 13.0 Å². The van der Waals surface area contributed by atoms with Gasteiger partial charge in [-0.15, -0.1) is 0 Å². The molecule has 0 radical (unpaired) electrons. The Balaban J connectivity index is 1.78. The van der Waals surface area contributed by atoms with Gasteiger partial charge in [0.25, 0.3) is 0 Å². The number of rotatable bonds is 4. The molecule has 5 heteroatoms. The molecular weight excluding hydrogens is 230 g/mol. The van der Waals surface area contributed by atoms with E-state index in [0.29, 0.717) is 32.8 Å². The number of nitrogens with zero attached hydrogens (tertiary/aromatic N) is 2. The highest BCUT2D eigenvalue weighted by atomic mass is 16.5. The van der Waals surface area contributed by atoms with E-state index in [9.17, 15) is 4.79 Å². The minimum absolute atomic E-state index is 0.0798. The lowest BCUT2D eigenvalue weighted by molar-refractivity contribution is -0.134. The van der Waals surface area contributed by atoms with Crippen LogP contribution >= 0.6 is 0 Å². The van der Waals surface area contributed by atoms with Crippen LogP contribution in [0.3, 0.4) is 0 Å². The largest absolute Gasteiger partial charge is 0.378 e. The third-order valence-corrected chi connectivity index (χ3v) is 3.05. The monoisotopic (exact) mass is 249 g/mol. The summed E-state index contributed by atoms with van der Waals surface area (Å²) in [6.07, 6.45) is 1.76. The minimum atomic E-state index is 0.0798. The highest BCUT2D eigenvalue weighted by Crippen LogP contribution is 2.07. The molecule has 0 aliphatic carbocycles. The normalized spacial score (nSPS) is 17.5. The van der Waals surface area contributed by atoms with Crippen LogP contribution in [0.25, 0.3) is 0 Å². The maximum Gasteiger partial charge on any atom is 0.236 e. The van der Waals surface area contributed by atoms with Crippen molar-refractivity contribution in [1.82, 2.24) is 15.2 Å². The van der Waals surface area contributed by atoms with Gasteiger partial charge in [-0.2, -0.15) is 0 Å². The maximum absolute atomic E-state index is 11.9. The van der Waals surface area contributed by atoms with E-state index in [1.54, 1.807) is 6.20 Å². The molecular formula is C13H19N3O2. The van der Waals surface area contributed by atoms with Crippen LogP contribution in [0.1, 0.15) is 18.7 Å². The molecule has 1 atom stereocenters. The number of hydrogen-bond donors (Lipinski definition) is 1. The number of amides is 1. The highest BCUT2D eigenvalue weighted by Gasteiger charge is 2.17. The van der Waals surface area contributed by atoms with E-state index in [-0.39, 0.29) is 11.9 Å². The molecule has 2 rings (SSSR count). The van der Waals surface area contributed by atoms with Gasteiger partial charge >= 0.3 is 0 Å². The molecule has 18 heavy (non-hydrogen) atoms. The summed E-state index contributed by atoms with van der Waals surface area (Å²) < 4.78 is 5.22. The van der Waals surface area contributed by atoms with E-state index in [0.717, 1.165) is 5.69 Å². The van der Waals surface area contributed by atoms with Gasteiger partial charge in [0.2, 0.25) is 5.91 Å². The van der Waals surface area contributed by atoms with Crippen LogP contribution in [0.2, 0.25) is 0 Å². The Morgan fingerprint density at radius 3 is 2.94 bits per heavy atom. The molecule has 1 amide bonds. The van der Waals surface area contributed by atoms with Crippen LogP contribution in [0, 0.1) is 0 Å². The fraction of sp³-hybridized carbons (Fsp3) is 0.538. The Bertz CT molecular complexity index is 377. The summed E-state index contributed by atoms with van der Waals surface area (Å²) in [5, 5.41) is 3.20. The van der Waals surface area contributed by atoms with Gasteiger partial charge in [0.05, 0.1) is 25.5 Å². The number of ether oxygens (including phenoxy) is 1. The van der Waals surface area contributed by atoms with E-state index in [1.165, 1.54) is 0 Å². The molecule has 2 heterocycles. The second-order valence-electron chi connectivity index (χ2n) is 4.35. The first kappa shape index (κ1) is 13.0. The Kier molecular flexibility index (Phi) is 4.66. The average molecular weight is 249 g/mol. The molecule has 1 aliphatic rings. The number of aromatic nitrogens is 1. The van der Waals surface area contributed by atoms with Crippen molar-refractivity contribution in [2.75, 3.05) is 32.8 Å². The zero-order valence-electron chi connectivity index (χ0n) is 10.6. The first-order chi connectivity index (χ1) is 8.77. The van der Waals surface area contributed by atoms with Crippen molar-refractivity contribution < 1.29 is 9.53 Å². The van der Waals surface area contributed by atoms with Crippen molar-refractivity contribution >= 4 is 5.91 Å². The van der Waals surface area contributed by atoms with Crippen LogP contribution in [-0.2, 0) is 9.53 Å². The smallest absolute Gasteiger partial charge is 0.236 e. The predicted molar refractivity (Wildman–Crippen MR) is 68.1 cm³/mol.